The van der Waals surface area contributed by atoms with Crippen molar-refractivity contribution < 1.29 is 22.7 Å². The van der Waals surface area contributed by atoms with Gasteiger partial charge in [0.15, 0.2) is 6.61 Å². The van der Waals surface area contributed by atoms with Gasteiger partial charge in [0.05, 0.1) is 5.56 Å². The van der Waals surface area contributed by atoms with Crippen LogP contribution < -0.4 is 4.74 Å². The molecule has 0 aliphatic carbocycles. The summed E-state index contributed by atoms with van der Waals surface area (Å²) in [5, 5.41) is 7.53. The molecule has 1 saturated heterocycles. The number of nitrogens with zero attached hydrogens (tertiary/aromatic N) is 4. The molecule has 1 fully saturated rings. The third-order valence-corrected chi connectivity index (χ3v) is 5.61. The molecule has 1 unspecified atom stereocenters. The number of aromatic nitrogens is 2. The quantitative estimate of drug-likeness (QED) is 0.631. The summed E-state index contributed by atoms with van der Waals surface area (Å²) in [6, 6.07) is 5.66. The van der Waals surface area contributed by atoms with Gasteiger partial charge in [0, 0.05) is 26.6 Å². The fourth-order valence-electron chi connectivity index (χ4n) is 3.51. The van der Waals surface area contributed by atoms with Gasteiger partial charge in [-0.3, -0.25) is 4.79 Å². The van der Waals surface area contributed by atoms with E-state index < -0.39 is 17.4 Å². The number of benzene rings is 1. The summed E-state index contributed by atoms with van der Waals surface area (Å²) in [6.07, 6.45) is 2.26. The standard InChI is InChI=1S/C22H30F2N4O3/c1-15-9-11-28(12-10-15)13-16(2)20-25-26-21(31-20)22(23,24)17-7-5-6-8-18(17)30-14-19(29)27(3)4/h5-8,15-16H,9-14H2,1-4H3. The highest BCUT2D eigenvalue weighted by molar-refractivity contribution is 5.77. The minimum atomic E-state index is -3.55. The molecule has 2 heterocycles. The van der Waals surface area contributed by atoms with E-state index in [1.54, 1.807) is 20.2 Å². The van der Waals surface area contributed by atoms with Gasteiger partial charge in [-0.1, -0.05) is 26.0 Å². The van der Waals surface area contributed by atoms with Crippen LogP contribution in [-0.4, -0.2) is 66.2 Å². The Morgan fingerprint density at radius 3 is 2.65 bits per heavy atom. The zero-order valence-electron chi connectivity index (χ0n) is 18.5. The molecule has 9 heteroatoms. The maximum absolute atomic E-state index is 15.2. The highest BCUT2D eigenvalue weighted by atomic mass is 19.3. The van der Waals surface area contributed by atoms with Crippen molar-refractivity contribution in [3.05, 3.63) is 41.6 Å². The zero-order chi connectivity index (χ0) is 22.6. The first-order valence-corrected chi connectivity index (χ1v) is 10.5. The average molecular weight is 437 g/mol. The summed E-state index contributed by atoms with van der Waals surface area (Å²) in [4.78, 5) is 15.4. The van der Waals surface area contributed by atoms with Gasteiger partial charge >= 0.3 is 5.92 Å². The van der Waals surface area contributed by atoms with E-state index in [0.717, 1.165) is 31.8 Å². The second kappa shape index (κ2) is 9.72. The van der Waals surface area contributed by atoms with E-state index in [4.69, 9.17) is 9.15 Å². The predicted molar refractivity (Wildman–Crippen MR) is 111 cm³/mol. The lowest BCUT2D eigenvalue weighted by Gasteiger charge is -2.31. The van der Waals surface area contributed by atoms with Crippen molar-refractivity contribution in [3.8, 4) is 5.75 Å². The molecular weight excluding hydrogens is 406 g/mol. The third-order valence-electron chi connectivity index (χ3n) is 5.61. The molecule has 3 rings (SSSR count). The Balaban J connectivity index is 1.73. The summed E-state index contributed by atoms with van der Waals surface area (Å²) in [7, 11) is 3.13. The van der Waals surface area contributed by atoms with E-state index in [9.17, 15) is 4.79 Å². The molecule has 1 aromatic carbocycles. The van der Waals surface area contributed by atoms with Crippen molar-refractivity contribution in [2.45, 2.75) is 38.5 Å². The zero-order valence-corrected chi connectivity index (χ0v) is 18.5. The minimum absolute atomic E-state index is 0.0991. The average Bonchev–Trinajstić information content (AvgIpc) is 3.25. The number of carbonyl (C=O) groups is 1. The molecule has 2 aromatic rings. The molecule has 0 saturated carbocycles. The van der Waals surface area contributed by atoms with Gasteiger partial charge in [-0.2, -0.15) is 8.78 Å². The number of rotatable bonds is 8. The molecular formula is C22H30F2N4O3. The van der Waals surface area contributed by atoms with Crippen molar-refractivity contribution >= 4 is 5.91 Å². The second-order valence-corrected chi connectivity index (χ2v) is 8.48. The fraction of sp³-hybridized carbons (Fsp3) is 0.591. The number of alkyl halides is 2. The van der Waals surface area contributed by atoms with E-state index in [1.165, 1.54) is 23.1 Å². The first-order valence-electron chi connectivity index (χ1n) is 10.5. The van der Waals surface area contributed by atoms with Gasteiger partial charge < -0.3 is 19.0 Å². The Kier molecular flexibility index (Phi) is 7.25. The Bertz CT molecular complexity index is 879. The largest absolute Gasteiger partial charge is 0.483 e. The van der Waals surface area contributed by atoms with Crippen LogP contribution in [0.5, 0.6) is 5.75 Å². The maximum atomic E-state index is 15.2. The lowest BCUT2D eigenvalue weighted by Crippen LogP contribution is -2.35. The number of halogens is 2. The molecule has 0 N–H and O–H groups in total. The van der Waals surface area contributed by atoms with E-state index in [2.05, 4.69) is 22.0 Å². The Morgan fingerprint density at radius 2 is 1.97 bits per heavy atom. The normalized spacial score (nSPS) is 16.8. The van der Waals surface area contributed by atoms with Crippen molar-refractivity contribution in [2.75, 3.05) is 40.3 Å². The highest BCUT2D eigenvalue weighted by Gasteiger charge is 2.43. The van der Waals surface area contributed by atoms with Gasteiger partial charge in [-0.15, -0.1) is 10.2 Å². The smallest absolute Gasteiger partial charge is 0.352 e. The van der Waals surface area contributed by atoms with Gasteiger partial charge in [0.1, 0.15) is 5.75 Å². The number of likely N-dealkylation sites (N-methyl/N-ethyl adjacent to an activating group) is 1. The molecule has 0 radical (unpaired) electrons. The number of hydrogen-bond donors (Lipinski definition) is 0. The first kappa shape index (κ1) is 23.1. The monoisotopic (exact) mass is 436 g/mol. The molecule has 1 atom stereocenters. The molecule has 7 nitrogen and oxygen atoms in total. The maximum Gasteiger partial charge on any atom is 0.352 e. The number of para-hydroxylation sites is 1. The molecule has 170 valence electrons. The van der Waals surface area contributed by atoms with Crippen LogP contribution in [0.2, 0.25) is 0 Å². The molecule has 0 spiro atoms. The molecule has 0 bridgehead atoms. The SMILES string of the molecule is CC1CCN(CC(C)c2nnc(C(F)(F)c3ccccc3OCC(=O)N(C)C)o2)CC1. The lowest BCUT2D eigenvalue weighted by molar-refractivity contribution is -0.130. The second-order valence-electron chi connectivity index (χ2n) is 8.48. The molecule has 1 amide bonds. The van der Waals surface area contributed by atoms with Gasteiger partial charge in [-0.25, -0.2) is 0 Å². The van der Waals surface area contributed by atoms with Crippen molar-refractivity contribution in [1.82, 2.24) is 20.0 Å². The van der Waals surface area contributed by atoms with Crippen LogP contribution in [0.1, 0.15) is 50.0 Å². The van der Waals surface area contributed by atoms with Crippen LogP contribution in [0.4, 0.5) is 8.78 Å². The number of hydrogen-bond acceptors (Lipinski definition) is 6. The van der Waals surface area contributed by atoms with Crippen LogP contribution in [0.3, 0.4) is 0 Å². The van der Waals surface area contributed by atoms with E-state index in [-0.39, 0.29) is 30.1 Å². The Morgan fingerprint density at radius 1 is 1.29 bits per heavy atom. The van der Waals surface area contributed by atoms with Gasteiger partial charge in [0.25, 0.3) is 11.8 Å². The van der Waals surface area contributed by atoms with Crippen molar-refractivity contribution in [1.29, 1.82) is 0 Å². The van der Waals surface area contributed by atoms with E-state index in [1.807, 2.05) is 6.92 Å². The van der Waals surface area contributed by atoms with E-state index in [0.29, 0.717) is 6.54 Å². The topological polar surface area (TPSA) is 71.7 Å². The number of likely N-dealkylation sites (tertiary alicyclic amines) is 1. The number of ether oxygens (including phenoxy) is 1. The van der Waals surface area contributed by atoms with Crippen LogP contribution in [0, 0.1) is 5.92 Å². The lowest BCUT2D eigenvalue weighted by atomic mass is 9.98. The van der Waals surface area contributed by atoms with Crippen molar-refractivity contribution in [2.24, 2.45) is 5.92 Å². The molecule has 1 aliphatic heterocycles. The fourth-order valence-corrected chi connectivity index (χ4v) is 3.51. The molecule has 1 aliphatic rings. The van der Waals surface area contributed by atoms with Gasteiger partial charge in [0.2, 0.25) is 5.89 Å². The molecule has 31 heavy (non-hydrogen) atoms. The van der Waals surface area contributed by atoms with Crippen molar-refractivity contribution in [3.63, 3.8) is 0 Å². The molecule has 1 aromatic heterocycles. The predicted octanol–water partition coefficient (Wildman–Crippen LogP) is 3.51. The number of amides is 1. The summed E-state index contributed by atoms with van der Waals surface area (Å²) in [6.45, 7) is 6.45. The minimum Gasteiger partial charge on any atom is -0.483 e. The summed E-state index contributed by atoms with van der Waals surface area (Å²) >= 11 is 0. The van der Waals surface area contributed by atoms with Crippen LogP contribution in [-0.2, 0) is 10.7 Å². The summed E-state index contributed by atoms with van der Waals surface area (Å²) < 4.78 is 41.2. The Labute approximate surface area is 181 Å². The number of carbonyl (C=O) groups excluding carboxylic acids is 1. The highest BCUT2D eigenvalue weighted by Crippen LogP contribution is 2.40. The van der Waals surface area contributed by atoms with Crippen LogP contribution in [0.15, 0.2) is 28.7 Å². The van der Waals surface area contributed by atoms with Crippen LogP contribution in [0.25, 0.3) is 0 Å². The van der Waals surface area contributed by atoms with Crippen LogP contribution >= 0.6 is 0 Å². The Hall–Kier alpha value is -2.55. The number of piperidine rings is 1. The van der Waals surface area contributed by atoms with E-state index >= 15 is 8.78 Å². The summed E-state index contributed by atoms with van der Waals surface area (Å²) in [5.41, 5.74) is -0.422. The van der Waals surface area contributed by atoms with Gasteiger partial charge in [-0.05, 0) is 44.0 Å². The first-order chi connectivity index (χ1) is 14.7. The third kappa shape index (κ3) is 5.58. The summed E-state index contributed by atoms with van der Waals surface area (Å²) in [5.74, 6) is -4.02.